The van der Waals surface area contributed by atoms with Gasteiger partial charge in [-0.2, -0.15) is 0 Å². The highest BCUT2D eigenvalue weighted by atomic mass is 32.2. The van der Waals surface area contributed by atoms with Crippen LogP contribution in [0.15, 0.2) is 53.4 Å². The zero-order valence-electron chi connectivity index (χ0n) is 11.0. The van der Waals surface area contributed by atoms with Crippen LogP contribution in [0.25, 0.3) is 0 Å². The molecule has 2 rings (SSSR count). The Bertz CT molecular complexity index is 642. The number of carbonyl (C=O) groups is 2. The Labute approximate surface area is 125 Å². The van der Waals surface area contributed by atoms with Crippen LogP contribution in [0.4, 0.5) is 10.1 Å². The largest absolute Gasteiger partial charge is 0.369 e. The number of nitrogens with two attached hydrogens (primary N) is 1. The molecule has 4 nitrogen and oxygen atoms in total. The lowest BCUT2D eigenvalue weighted by Crippen LogP contribution is -2.13. The minimum Gasteiger partial charge on any atom is -0.369 e. The van der Waals surface area contributed by atoms with Crippen LogP contribution in [0.3, 0.4) is 0 Å². The average Bonchev–Trinajstić information content (AvgIpc) is 2.47. The highest BCUT2D eigenvalue weighted by Gasteiger charge is 2.06. The summed E-state index contributed by atoms with van der Waals surface area (Å²) in [6.45, 7) is 0. The summed E-state index contributed by atoms with van der Waals surface area (Å²) in [5.41, 5.74) is 6.06. The zero-order chi connectivity index (χ0) is 15.2. The fourth-order valence-corrected chi connectivity index (χ4v) is 2.23. The molecular formula is C15H13FN2O2S. The molecule has 2 aromatic rings. The van der Waals surface area contributed by atoms with Crippen LogP contribution < -0.4 is 11.1 Å². The van der Waals surface area contributed by atoms with Gasteiger partial charge in [-0.05, 0) is 48.5 Å². The number of thioether (sulfide) groups is 1. The first-order chi connectivity index (χ1) is 10.0. The summed E-state index contributed by atoms with van der Waals surface area (Å²) < 4.78 is 12.8. The third-order valence-corrected chi connectivity index (χ3v) is 3.63. The van der Waals surface area contributed by atoms with Crippen molar-refractivity contribution in [1.29, 1.82) is 0 Å². The number of primary amides is 1. The number of hydrogen-bond donors (Lipinski definition) is 2. The minimum absolute atomic E-state index is 0.210. The van der Waals surface area contributed by atoms with E-state index in [1.807, 2.05) is 0 Å². The lowest BCUT2D eigenvalue weighted by molar-refractivity contribution is -0.115. The molecule has 3 N–H and O–H groups in total. The molecule has 0 unspecified atom stereocenters. The van der Waals surface area contributed by atoms with Gasteiger partial charge in [-0.25, -0.2) is 4.39 Å². The molecule has 0 aliphatic heterocycles. The Balaban J connectivity index is 1.98. The predicted octanol–water partition coefficient (Wildman–Crippen LogP) is 2.66. The molecule has 21 heavy (non-hydrogen) atoms. The minimum atomic E-state index is -0.387. The quantitative estimate of drug-likeness (QED) is 0.834. The molecule has 0 spiro atoms. The van der Waals surface area contributed by atoms with Gasteiger partial charge in [0.15, 0.2) is 0 Å². The summed E-state index contributed by atoms with van der Waals surface area (Å²) >= 11 is 1.33. The van der Waals surface area contributed by atoms with Gasteiger partial charge >= 0.3 is 0 Å². The molecule has 0 aromatic heterocycles. The number of nitrogens with one attached hydrogen (secondary N) is 1. The number of anilines is 1. The van der Waals surface area contributed by atoms with Crippen LogP contribution in [0, 0.1) is 5.82 Å². The van der Waals surface area contributed by atoms with Gasteiger partial charge in [0, 0.05) is 16.1 Å². The standard InChI is InChI=1S/C15H13FN2O2S/c16-11-3-1-10(2-4-11)15(20)18-12-5-7-13(8-6-12)21-9-14(17)19/h1-8H,9H2,(H2,17,19)(H,18,20). The van der Waals surface area contributed by atoms with E-state index < -0.39 is 0 Å². The second-order valence-corrected chi connectivity index (χ2v) is 5.29. The Hall–Kier alpha value is -2.34. The van der Waals surface area contributed by atoms with Gasteiger partial charge in [0.2, 0.25) is 5.91 Å². The average molecular weight is 304 g/mol. The molecular weight excluding hydrogens is 291 g/mol. The summed E-state index contributed by atoms with van der Waals surface area (Å²) in [6, 6.07) is 12.3. The van der Waals surface area contributed by atoms with E-state index in [4.69, 9.17) is 5.73 Å². The van der Waals surface area contributed by atoms with Crippen molar-refractivity contribution in [3.8, 4) is 0 Å². The molecule has 2 amide bonds. The summed E-state index contributed by atoms with van der Waals surface area (Å²) in [4.78, 5) is 23.5. The lowest BCUT2D eigenvalue weighted by Gasteiger charge is -2.06. The van der Waals surface area contributed by atoms with Crippen molar-refractivity contribution in [2.24, 2.45) is 5.73 Å². The number of rotatable bonds is 5. The third-order valence-electron chi connectivity index (χ3n) is 2.60. The van der Waals surface area contributed by atoms with Crippen LogP contribution in [0.2, 0.25) is 0 Å². The van der Waals surface area contributed by atoms with Gasteiger partial charge in [0.25, 0.3) is 5.91 Å². The van der Waals surface area contributed by atoms with Crippen molar-refractivity contribution < 1.29 is 14.0 Å². The van der Waals surface area contributed by atoms with Crippen molar-refractivity contribution in [3.63, 3.8) is 0 Å². The van der Waals surface area contributed by atoms with E-state index in [0.717, 1.165) is 4.90 Å². The van der Waals surface area contributed by atoms with Gasteiger partial charge in [0.1, 0.15) is 5.82 Å². The molecule has 6 heteroatoms. The summed E-state index contributed by atoms with van der Waals surface area (Å²) in [7, 11) is 0. The van der Waals surface area contributed by atoms with E-state index in [9.17, 15) is 14.0 Å². The number of carbonyl (C=O) groups excluding carboxylic acids is 2. The molecule has 108 valence electrons. The normalized spacial score (nSPS) is 10.1. The predicted molar refractivity (Wildman–Crippen MR) is 80.7 cm³/mol. The molecule has 0 saturated heterocycles. The highest BCUT2D eigenvalue weighted by molar-refractivity contribution is 8.00. The Kier molecular flexibility index (Phi) is 4.94. The highest BCUT2D eigenvalue weighted by Crippen LogP contribution is 2.20. The van der Waals surface area contributed by atoms with Crippen LogP contribution in [-0.4, -0.2) is 17.6 Å². The summed E-state index contributed by atoms with van der Waals surface area (Å²) in [6.07, 6.45) is 0. The molecule has 0 aliphatic carbocycles. The van der Waals surface area contributed by atoms with E-state index in [1.165, 1.54) is 36.0 Å². The van der Waals surface area contributed by atoms with Crippen LogP contribution in [0.5, 0.6) is 0 Å². The monoisotopic (exact) mass is 304 g/mol. The topological polar surface area (TPSA) is 72.2 Å². The van der Waals surface area contributed by atoms with Gasteiger partial charge in [-0.1, -0.05) is 0 Å². The van der Waals surface area contributed by atoms with Crippen molar-refractivity contribution in [3.05, 3.63) is 59.9 Å². The first-order valence-electron chi connectivity index (χ1n) is 6.12. The Morgan fingerprint density at radius 2 is 1.67 bits per heavy atom. The second-order valence-electron chi connectivity index (χ2n) is 4.24. The van der Waals surface area contributed by atoms with E-state index in [0.29, 0.717) is 11.3 Å². The first-order valence-corrected chi connectivity index (χ1v) is 7.11. The molecule has 0 saturated carbocycles. The maximum atomic E-state index is 12.8. The maximum absolute atomic E-state index is 12.8. The Morgan fingerprint density at radius 1 is 1.05 bits per heavy atom. The van der Waals surface area contributed by atoms with Crippen molar-refractivity contribution in [2.75, 3.05) is 11.1 Å². The molecule has 0 bridgehead atoms. The maximum Gasteiger partial charge on any atom is 0.255 e. The van der Waals surface area contributed by atoms with Crippen molar-refractivity contribution in [1.82, 2.24) is 0 Å². The van der Waals surface area contributed by atoms with E-state index in [2.05, 4.69) is 5.32 Å². The smallest absolute Gasteiger partial charge is 0.255 e. The molecule has 0 radical (unpaired) electrons. The first kappa shape index (κ1) is 15.1. The van der Waals surface area contributed by atoms with E-state index in [1.54, 1.807) is 24.3 Å². The summed E-state index contributed by atoms with van der Waals surface area (Å²) in [5, 5.41) is 2.71. The van der Waals surface area contributed by atoms with Gasteiger partial charge in [0.05, 0.1) is 5.75 Å². The second kappa shape index (κ2) is 6.90. The number of amides is 2. The molecule has 0 aliphatic rings. The van der Waals surface area contributed by atoms with Crippen LogP contribution >= 0.6 is 11.8 Å². The van der Waals surface area contributed by atoms with Crippen molar-refractivity contribution >= 4 is 29.3 Å². The molecule has 0 atom stereocenters. The van der Waals surface area contributed by atoms with Crippen molar-refractivity contribution in [2.45, 2.75) is 4.90 Å². The van der Waals surface area contributed by atoms with Gasteiger partial charge in [-0.3, -0.25) is 9.59 Å². The van der Waals surface area contributed by atoms with Gasteiger partial charge in [-0.15, -0.1) is 11.8 Å². The molecule has 0 fully saturated rings. The lowest BCUT2D eigenvalue weighted by atomic mass is 10.2. The van der Waals surface area contributed by atoms with Crippen LogP contribution in [0.1, 0.15) is 10.4 Å². The number of halogens is 1. The van der Waals surface area contributed by atoms with E-state index >= 15 is 0 Å². The number of hydrogen-bond acceptors (Lipinski definition) is 3. The fourth-order valence-electron chi connectivity index (χ4n) is 1.59. The third kappa shape index (κ3) is 4.61. The zero-order valence-corrected chi connectivity index (χ0v) is 11.8. The number of benzene rings is 2. The van der Waals surface area contributed by atoms with Gasteiger partial charge < -0.3 is 11.1 Å². The molecule has 2 aromatic carbocycles. The van der Waals surface area contributed by atoms with E-state index in [-0.39, 0.29) is 23.4 Å². The molecule has 0 heterocycles. The Morgan fingerprint density at radius 3 is 2.24 bits per heavy atom. The summed E-state index contributed by atoms with van der Waals surface area (Å²) in [5.74, 6) is -0.870. The fraction of sp³-hybridized carbons (Fsp3) is 0.0667. The SMILES string of the molecule is NC(=O)CSc1ccc(NC(=O)c2ccc(F)cc2)cc1. The van der Waals surface area contributed by atoms with Crippen LogP contribution in [-0.2, 0) is 4.79 Å².